The average Bonchev–Trinajstić information content (AvgIpc) is 2.17. The molecule has 2 rings (SSSR count). The van der Waals surface area contributed by atoms with Gasteiger partial charge in [0.05, 0.1) is 0 Å². The molecule has 1 saturated carbocycles. The summed E-state index contributed by atoms with van der Waals surface area (Å²) in [4.78, 5) is 10.9. The molecular weight excluding hydrogens is 166 g/mol. The second-order valence-electron chi connectivity index (χ2n) is 4.27. The second-order valence-corrected chi connectivity index (χ2v) is 4.27. The largest absolute Gasteiger partial charge is 0.480 e. The van der Waals surface area contributed by atoms with E-state index in [4.69, 9.17) is 5.11 Å². The number of rotatable bonds is 1. The van der Waals surface area contributed by atoms with Crippen molar-refractivity contribution in [2.75, 3.05) is 6.54 Å². The second kappa shape index (κ2) is 3.66. The predicted octanol–water partition coefficient (Wildman–Crippen LogP) is 1.24. The first-order chi connectivity index (χ1) is 6.29. The van der Waals surface area contributed by atoms with Crippen molar-refractivity contribution in [3.05, 3.63) is 0 Å². The normalized spacial score (nSPS) is 39.5. The Morgan fingerprint density at radius 1 is 1.23 bits per heavy atom. The summed E-state index contributed by atoms with van der Waals surface area (Å²) in [5.74, 6) is 0.424. The number of carbonyl (C=O) groups is 1. The van der Waals surface area contributed by atoms with E-state index in [-0.39, 0.29) is 6.04 Å². The van der Waals surface area contributed by atoms with Crippen LogP contribution in [0.2, 0.25) is 0 Å². The smallest absolute Gasteiger partial charge is 0.320 e. The van der Waals surface area contributed by atoms with Crippen molar-refractivity contribution < 1.29 is 9.90 Å². The summed E-state index contributed by atoms with van der Waals surface area (Å²) in [6.45, 7) is 0.887. The molecule has 2 unspecified atom stereocenters. The van der Waals surface area contributed by atoms with Gasteiger partial charge in [-0.1, -0.05) is 19.3 Å². The number of carboxylic acids is 1. The summed E-state index contributed by atoms with van der Waals surface area (Å²) in [7, 11) is 0. The summed E-state index contributed by atoms with van der Waals surface area (Å²) in [6.07, 6.45) is 6.04. The van der Waals surface area contributed by atoms with Gasteiger partial charge in [0.2, 0.25) is 0 Å². The molecule has 0 amide bonds. The number of nitrogens with one attached hydrogen (secondary N) is 1. The van der Waals surface area contributed by atoms with Gasteiger partial charge in [-0.25, -0.2) is 0 Å². The first kappa shape index (κ1) is 9.00. The monoisotopic (exact) mass is 183 g/mol. The van der Waals surface area contributed by atoms with Crippen LogP contribution in [0.5, 0.6) is 0 Å². The molecule has 74 valence electrons. The Balaban J connectivity index is 2.06. The zero-order valence-electron chi connectivity index (χ0n) is 7.83. The van der Waals surface area contributed by atoms with Crippen LogP contribution in [0.25, 0.3) is 0 Å². The van der Waals surface area contributed by atoms with Crippen LogP contribution in [-0.4, -0.2) is 23.7 Å². The molecule has 1 saturated heterocycles. The molecule has 0 radical (unpaired) electrons. The van der Waals surface area contributed by atoms with Crippen LogP contribution in [0, 0.1) is 11.8 Å². The summed E-state index contributed by atoms with van der Waals surface area (Å²) in [5.41, 5.74) is 0. The molecule has 0 aromatic heterocycles. The lowest BCUT2D eigenvalue weighted by Crippen LogP contribution is -2.51. The van der Waals surface area contributed by atoms with Gasteiger partial charge in [-0.3, -0.25) is 4.79 Å². The lowest BCUT2D eigenvalue weighted by Gasteiger charge is -2.39. The maximum absolute atomic E-state index is 10.9. The van der Waals surface area contributed by atoms with Crippen molar-refractivity contribution in [3.63, 3.8) is 0 Å². The Labute approximate surface area is 78.5 Å². The van der Waals surface area contributed by atoms with Crippen LogP contribution in [0.15, 0.2) is 0 Å². The quantitative estimate of drug-likeness (QED) is 0.643. The van der Waals surface area contributed by atoms with E-state index >= 15 is 0 Å². The predicted molar refractivity (Wildman–Crippen MR) is 49.5 cm³/mol. The molecule has 3 nitrogen and oxygen atoms in total. The van der Waals surface area contributed by atoms with E-state index in [9.17, 15) is 4.79 Å². The molecular formula is C10H17NO2. The summed E-state index contributed by atoms with van der Waals surface area (Å²) in [6, 6.07) is -0.265. The maximum atomic E-state index is 10.9. The molecule has 2 fully saturated rings. The fraction of sp³-hybridized carbons (Fsp3) is 0.900. The van der Waals surface area contributed by atoms with Crippen molar-refractivity contribution in [1.29, 1.82) is 0 Å². The van der Waals surface area contributed by atoms with Gasteiger partial charge in [0.15, 0.2) is 0 Å². The molecule has 2 N–H and O–H groups in total. The minimum atomic E-state index is -0.656. The van der Waals surface area contributed by atoms with E-state index in [1.54, 1.807) is 0 Å². The van der Waals surface area contributed by atoms with Gasteiger partial charge in [0.25, 0.3) is 0 Å². The molecule has 0 aromatic carbocycles. The minimum Gasteiger partial charge on any atom is -0.480 e. The molecule has 3 atom stereocenters. The topological polar surface area (TPSA) is 49.3 Å². The molecule has 2 aliphatic rings. The van der Waals surface area contributed by atoms with E-state index < -0.39 is 5.97 Å². The van der Waals surface area contributed by atoms with Crippen LogP contribution in [0.4, 0.5) is 0 Å². The highest BCUT2D eigenvalue weighted by molar-refractivity contribution is 5.74. The molecule has 3 heteroatoms. The zero-order chi connectivity index (χ0) is 9.26. The van der Waals surface area contributed by atoms with Crippen molar-refractivity contribution in [2.45, 2.75) is 38.1 Å². The SMILES string of the molecule is O=C(O)[C@H]1NCCC2CCCCC21. The fourth-order valence-electron chi connectivity index (χ4n) is 2.88. The number of aliphatic carboxylic acids is 1. The Hall–Kier alpha value is -0.570. The van der Waals surface area contributed by atoms with Crippen molar-refractivity contribution >= 4 is 5.97 Å². The summed E-state index contributed by atoms with van der Waals surface area (Å²) < 4.78 is 0. The highest BCUT2D eigenvalue weighted by Gasteiger charge is 2.38. The number of carboxylic acid groups (broad SMARTS) is 1. The van der Waals surface area contributed by atoms with Crippen LogP contribution < -0.4 is 5.32 Å². The number of fused-ring (bicyclic) bond motifs is 1. The molecule has 0 aromatic rings. The molecule has 1 aliphatic carbocycles. The van der Waals surface area contributed by atoms with Gasteiger partial charge in [0.1, 0.15) is 6.04 Å². The molecule has 0 bridgehead atoms. The fourth-order valence-corrected chi connectivity index (χ4v) is 2.88. The van der Waals surface area contributed by atoms with E-state index in [2.05, 4.69) is 5.32 Å². The van der Waals surface area contributed by atoms with Crippen LogP contribution in [-0.2, 0) is 4.79 Å². The number of hydrogen-bond acceptors (Lipinski definition) is 2. The third-order valence-electron chi connectivity index (χ3n) is 3.54. The lowest BCUT2D eigenvalue weighted by atomic mass is 9.72. The van der Waals surface area contributed by atoms with E-state index in [0.29, 0.717) is 11.8 Å². The Morgan fingerprint density at radius 2 is 2.00 bits per heavy atom. The summed E-state index contributed by atoms with van der Waals surface area (Å²) in [5, 5.41) is 12.1. The van der Waals surface area contributed by atoms with Gasteiger partial charge in [-0.2, -0.15) is 0 Å². The number of hydrogen-bond donors (Lipinski definition) is 2. The third kappa shape index (κ3) is 1.70. The Bertz CT molecular complexity index is 203. The lowest BCUT2D eigenvalue weighted by molar-refractivity contribution is -0.143. The molecule has 1 heterocycles. The van der Waals surface area contributed by atoms with E-state index in [0.717, 1.165) is 13.0 Å². The molecule has 1 aliphatic heterocycles. The van der Waals surface area contributed by atoms with Crippen LogP contribution >= 0.6 is 0 Å². The highest BCUT2D eigenvalue weighted by Crippen LogP contribution is 2.36. The zero-order valence-corrected chi connectivity index (χ0v) is 7.83. The highest BCUT2D eigenvalue weighted by atomic mass is 16.4. The van der Waals surface area contributed by atoms with Gasteiger partial charge >= 0.3 is 5.97 Å². The van der Waals surface area contributed by atoms with Crippen molar-refractivity contribution in [3.8, 4) is 0 Å². The first-order valence-corrected chi connectivity index (χ1v) is 5.25. The van der Waals surface area contributed by atoms with Crippen molar-refractivity contribution in [2.24, 2.45) is 11.8 Å². The van der Waals surface area contributed by atoms with E-state index in [1.165, 1.54) is 25.7 Å². The first-order valence-electron chi connectivity index (χ1n) is 5.25. The average molecular weight is 183 g/mol. The maximum Gasteiger partial charge on any atom is 0.320 e. The minimum absolute atomic E-state index is 0.265. The van der Waals surface area contributed by atoms with Crippen LogP contribution in [0.3, 0.4) is 0 Å². The Kier molecular flexibility index (Phi) is 2.54. The van der Waals surface area contributed by atoms with Gasteiger partial charge < -0.3 is 10.4 Å². The molecule has 0 spiro atoms. The van der Waals surface area contributed by atoms with E-state index in [1.807, 2.05) is 0 Å². The van der Waals surface area contributed by atoms with Crippen LogP contribution in [0.1, 0.15) is 32.1 Å². The molecule has 13 heavy (non-hydrogen) atoms. The summed E-state index contributed by atoms with van der Waals surface area (Å²) >= 11 is 0. The van der Waals surface area contributed by atoms with Crippen molar-refractivity contribution in [1.82, 2.24) is 5.32 Å². The standard InChI is InChI=1S/C10H17NO2/c12-10(13)9-8-4-2-1-3-7(8)5-6-11-9/h7-9,11H,1-6H2,(H,12,13)/t7?,8?,9-/m0/s1. The van der Waals surface area contributed by atoms with Gasteiger partial charge in [0, 0.05) is 0 Å². The number of piperidine rings is 1. The Morgan fingerprint density at radius 3 is 2.77 bits per heavy atom. The van der Waals surface area contributed by atoms with Gasteiger partial charge in [-0.05, 0) is 31.2 Å². The van der Waals surface area contributed by atoms with Gasteiger partial charge in [-0.15, -0.1) is 0 Å². The third-order valence-corrected chi connectivity index (χ3v) is 3.54.